The van der Waals surface area contributed by atoms with Crippen molar-refractivity contribution in [1.82, 2.24) is 0 Å². The number of amides is 1. The van der Waals surface area contributed by atoms with Crippen molar-refractivity contribution in [1.29, 1.82) is 0 Å². The fourth-order valence-corrected chi connectivity index (χ4v) is 2.30. The van der Waals surface area contributed by atoms with Crippen LogP contribution in [0.4, 0.5) is 0 Å². The highest BCUT2D eigenvalue weighted by Crippen LogP contribution is 2.32. The highest BCUT2D eigenvalue weighted by atomic mass is 16.1. The molecule has 0 atom stereocenters. The molecule has 2 nitrogen and oxygen atoms in total. The molecule has 1 amide bonds. The van der Waals surface area contributed by atoms with E-state index in [1.54, 1.807) is 0 Å². The Balaban J connectivity index is 2.19. The third kappa shape index (κ3) is 3.69. The van der Waals surface area contributed by atoms with E-state index in [1.165, 1.54) is 25.7 Å². The number of hydrogen-bond donors (Lipinski definition) is 1. The number of carbonyl (C=O) groups excluding carboxylic acids is 1. The van der Waals surface area contributed by atoms with Gasteiger partial charge < -0.3 is 5.73 Å². The lowest BCUT2D eigenvalue weighted by atomic mass is 9.79. The Morgan fingerprint density at radius 1 is 1.29 bits per heavy atom. The molecule has 1 fully saturated rings. The van der Waals surface area contributed by atoms with Crippen LogP contribution in [-0.2, 0) is 4.79 Å². The molecule has 0 aromatic heterocycles. The lowest BCUT2D eigenvalue weighted by Gasteiger charge is -2.26. The summed E-state index contributed by atoms with van der Waals surface area (Å²) in [6.45, 7) is 4.55. The molecule has 1 rings (SSSR count). The Hall–Kier alpha value is -0.530. The van der Waals surface area contributed by atoms with Gasteiger partial charge in [0.2, 0.25) is 5.91 Å². The predicted molar refractivity (Wildman–Crippen MR) is 58.7 cm³/mol. The Bertz CT molecular complexity index is 181. The minimum absolute atomic E-state index is 0.0905. The summed E-state index contributed by atoms with van der Waals surface area (Å²) in [4.78, 5) is 10.9. The number of hydrogen-bond acceptors (Lipinski definition) is 1. The Morgan fingerprint density at radius 2 is 1.86 bits per heavy atom. The van der Waals surface area contributed by atoms with Gasteiger partial charge in [-0.1, -0.05) is 26.7 Å². The fraction of sp³-hybridized carbons (Fsp3) is 0.917. The van der Waals surface area contributed by atoms with Crippen molar-refractivity contribution in [2.45, 2.75) is 52.4 Å². The van der Waals surface area contributed by atoms with E-state index in [2.05, 4.69) is 13.8 Å². The molecule has 14 heavy (non-hydrogen) atoms. The summed E-state index contributed by atoms with van der Waals surface area (Å²) >= 11 is 0. The van der Waals surface area contributed by atoms with Crippen LogP contribution in [0.25, 0.3) is 0 Å². The number of primary amides is 1. The minimum Gasteiger partial charge on any atom is -0.369 e. The summed E-state index contributed by atoms with van der Waals surface area (Å²) in [5.74, 6) is 1.74. The second-order valence-corrected chi connectivity index (χ2v) is 5.09. The highest BCUT2D eigenvalue weighted by Gasteiger charge is 2.24. The number of rotatable bonds is 4. The van der Waals surface area contributed by atoms with Gasteiger partial charge in [0.15, 0.2) is 0 Å². The molecule has 0 saturated heterocycles. The summed E-state index contributed by atoms with van der Waals surface area (Å²) in [6, 6.07) is 0. The molecule has 0 aromatic rings. The highest BCUT2D eigenvalue weighted by molar-refractivity contribution is 5.76. The van der Waals surface area contributed by atoms with E-state index in [0.29, 0.717) is 0 Å². The third-order valence-electron chi connectivity index (χ3n) is 3.40. The standard InChI is InChI=1S/C12H23NO/c1-9(2)3-4-10-5-7-11(8-6-10)12(13)14/h9-11H,3-8H2,1-2H3,(H2,13,14)/t10-,11+. The maximum atomic E-state index is 10.9. The van der Waals surface area contributed by atoms with Crippen LogP contribution < -0.4 is 5.73 Å². The Morgan fingerprint density at radius 3 is 2.29 bits per heavy atom. The largest absolute Gasteiger partial charge is 0.369 e. The molecule has 0 bridgehead atoms. The Labute approximate surface area is 87.2 Å². The second kappa shape index (κ2) is 5.38. The maximum Gasteiger partial charge on any atom is 0.220 e. The molecular formula is C12H23NO. The van der Waals surface area contributed by atoms with Gasteiger partial charge in [0, 0.05) is 5.92 Å². The first-order valence-corrected chi connectivity index (χ1v) is 5.89. The average molecular weight is 197 g/mol. The van der Waals surface area contributed by atoms with E-state index >= 15 is 0 Å². The van der Waals surface area contributed by atoms with Gasteiger partial charge in [0.25, 0.3) is 0 Å². The van der Waals surface area contributed by atoms with E-state index in [0.717, 1.165) is 24.7 Å². The summed E-state index contributed by atoms with van der Waals surface area (Å²) in [5, 5.41) is 0. The van der Waals surface area contributed by atoms with Crippen molar-refractivity contribution in [2.75, 3.05) is 0 Å². The van der Waals surface area contributed by atoms with Crippen LogP contribution in [0.15, 0.2) is 0 Å². The summed E-state index contributed by atoms with van der Waals surface area (Å²) in [6.07, 6.45) is 7.13. The van der Waals surface area contributed by atoms with Crippen LogP contribution in [0.3, 0.4) is 0 Å². The zero-order valence-corrected chi connectivity index (χ0v) is 9.46. The second-order valence-electron chi connectivity index (χ2n) is 5.09. The lowest BCUT2D eigenvalue weighted by molar-refractivity contribution is -0.122. The summed E-state index contributed by atoms with van der Waals surface area (Å²) < 4.78 is 0. The van der Waals surface area contributed by atoms with Crippen molar-refractivity contribution < 1.29 is 4.79 Å². The van der Waals surface area contributed by atoms with Crippen molar-refractivity contribution in [3.05, 3.63) is 0 Å². The van der Waals surface area contributed by atoms with Crippen LogP contribution in [0.2, 0.25) is 0 Å². The third-order valence-corrected chi connectivity index (χ3v) is 3.40. The molecule has 1 aliphatic carbocycles. The van der Waals surface area contributed by atoms with Crippen molar-refractivity contribution in [3.8, 4) is 0 Å². The number of carbonyl (C=O) groups is 1. The van der Waals surface area contributed by atoms with Crippen LogP contribution in [0.5, 0.6) is 0 Å². The molecule has 0 heterocycles. The van der Waals surface area contributed by atoms with Crippen LogP contribution in [0.1, 0.15) is 52.4 Å². The van der Waals surface area contributed by atoms with E-state index in [1.807, 2.05) is 0 Å². The summed E-state index contributed by atoms with van der Waals surface area (Å²) in [7, 11) is 0. The molecule has 0 spiro atoms. The molecule has 1 saturated carbocycles. The molecular weight excluding hydrogens is 174 g/mol. The smallest absolute Gasteiger partial charge is 0.220 e. The van der Waals surface area contributed by atoms with E-state index in [9.17, 15) is 4.79 Å². The molecule has 0 aliphatic heterocycles. The SMILES string of the molecule is CC(C)CC[C@H]1CC[C@@H](C(N)=O)CC1. The maximum absolute atomic E-state index is 10.9. The normalized spacial score (nSPS) is 27.9. The molecule has 1 aliphatic rings. The van der Waals surface area contributed by atoms with Gasteiger partial charge in [-0.3, -0.25) is 4.79 Å². The van der Waals surface area contributed by atoms with Crippen molar-refractivity contribution >= 4 is 5.91 Å². The van der Waals surface area contributed by atoms with Crippen LogP contribution in [0, 0.1) is 17.8 Å². The van der Waals surface area contributed by atoms with Crippen molar-refractivity contribution in [3.63, 3.8) is 0 Å². The minimum atomic E-state index is -0.0905. The zero-order chi connectivity index (χ0) is 10.6. The van der Waals surface area contributed by atoms with Gasteiger partial charge in [0.1, 0.15) is 0 Å². The summed E-state index contributed by atoms with van der Waals surface area (Å²) in [5.41, 5.74) is 5.30. The number of nitrogens with two attached hydrogens (primary N) is 1. The molecule has 82 valence electrons. The van der Waals surface area contributed by atoms with E-state index < -0.39 is 0 Å². The van der Waals surface area contributed by atoms with Crippen LogP contribution >= 0.6 is 0 Å². The first-order valence-electron chi connectivity index (χ1n) is 5.89. The molecule has 2 N–H and O–H groups in total. The predicted octanol–water partition coefficient (Wildman–Crippen LogP) is 2.71. The lowest BCUT2D eigenvalue weighted by Crippen LogP contribution is -2.27. The first-order chi connectivity index (χ1) is 6.59. The topological polar surface area (TPSA) is 43.1 Å². The quantitative estimate of drug-likeness (QED) is 0.740. The van der Waals surface area contributed by atoms with Crippen LogP contribution in [-0.4, -0.2) is 5.91 Å². The first kappa shape index (κ1) is 11.5. The van der Waals surface area contributed by atoms with E-state index in [4.69, 9.17) is 5.73 Å². The molecule has 0 unspecified atom stereocenters. The van der Waals surface area contributed by atoms with Crippen molar-refractivity contribution in [2.24, 2.45) is 23.5 Å². The van der Waals surface area contributed by atoms with Gasteiger partial charge in [-0.05, 0) is 37.5 Å². The van der Waals surface area contributed by atoms with Gasteiger partial charge >= 0.3 is 0 Å². The Kier molecular flexibility index (Phi) is 4.43. The fourth-order valence-electron chi connectivity index (χ4n) is 2.30. The van der Waals surface area contributed by atoms with Gasteiger partial charge in [-0.25, -0.2) is 0 Å². The van der Waals surface area contributed by atoms with E-state index in [-0.39, 0.29) is 11.8 Å². The van der Waals surface area contributed by atoms with Gasteiger partial charge in [-0.2, -0.15) is 0 Å². The monoisotopic (exact) mass is 197 g/mol. The molecule has 0 radical (unpaired) electrons. The molecule has 0 aromatic carbocycles. The van der Waals surface area contributed by atoms with Gasteiger partial charge in [0.05, 0.1) is 0 Å². The molecule has 2 heteroatoms. The van der Waals surface area contributed by atoms with Gasteiger partial charge in [-0.15, -0.1) is 0 Å². The zero-order valence-electron chi connectivity index (χ0n) is 9.46. The average Bonchev–Trinajstić information content (AvgIpc) is 2.15.